The molecule has 1 aliphatic rings. The van der Waals surface area contributed by atoms with Crippen LogP contribution in [0.3, 0.4) is 0 Å². The summed E-state index contributed by atoms with van der Waals surface area (Å²) < 4.78 is 13.7. The van der Waals surface area contributed by atoms with E-state index in [-0.39, 0.29) is 5.82 Å². The summed E-state index contributed by atoms with van der Waals surface area (Å²) >= 11 is 3.24. The van der Waals surface area contributed by atoms with Crippen LogP contribution in [-0.2, 0) is 6.54 Å². The number of halogens is 2. The molecule has 1 aromatic rings. The fourth-order valence-electron chi connectivity index (χ4n) is 2.75. The van der Waals surface area contributed by atoms with Crippen LogP contribution in [0.2, 0.25) is 0 Å². The van der Waals surface area contributed by atoms with Gasteiger partial charge in [0.1, 0.15) is 5.82 Å². The van der Waals surface area contributed by atoms with Gasteiger partial charge in [-0.15, -0.1) is 0 Å². The maximum Gasteiger partial charge on any atom is 0.137 e. The molecule has 1 heterocycles. The van der Waals surface area contributed by atoms with Crippen molar-refractivity contribution in [1.82, 2.24) is 9.80 Å². The standard InChI is InChI=1S/C14H20BrFN2/c1-10-7-18(9-14(10)17(2)3)8-11-4-5-13(16)12(15)6-11/h4-6,10,14H,7-9H2,1-3H3/t10-,14+/m0/s1. The monoisotopic (exact) mass is 314 g/mol. The maximum absolute atomic E-state index is 13.2. The lowest BCUT2D eigenvalue weighted by molar-refractivity contribution is 0.250. The van der Waals surface area contributed by atoms with Gasteiger partial charge in [-0.25, -0.2) is 4.39 Å². The average Bonchev–Trinajstić information content (AvgIpc) is 2.65. The van der Waals surface area contributed by atoms with Gasteiger partial charge in [-0.05, 0) is 53.6 Å². The quantitative estimate of drug-likeness (QED) is 0.846. The van der Waals surface area contributed by atoms with Crippen LogP contribution in [-0.4, -0.2) is 43.0 Å². The van der Waals surface area contributed by atoms with Crippen molar-refractivity contribution in [3.05, 3.63) is 34.1 Å². The van der Waals surface area contributed by atoms with E-state index in [9.17, 15) is 4.39 Å². The van der Waals surface area contributed by atoms with Gasteiger partial charge in [0, 0.05) is 25.7 Å². The SMILES string of the molecule is C[C@H]1CN(Cc2ccc(F)c(Br)c2)C[C@H]1N(C)C. The Kier molecular flexibility index (Phi) is 4.41. The molecule has 2 atom stereocenters. The normalized spacial score (nSPS) is 25.0. The fourth-order valence-corrected chi connectivity index (χ4v) is 3.17. The van der Waals surface area contributed by atoms with E-state index in [0.717, 1.165) is 25.2 Å². The molecule has 1 fully saturated rings. The highest BCUT2D eigenvalue weighted by Crippen LogP contribution is 2.23. The zero-order valence-corrected chi connectivity index (χ0v) is 12.7. The molecule has 2 rings (SSSR count). The molecule has 0 aromatic heterocycles. The van der Waals surface area contributed by atoms with E-state index >= 15 is 0 Å². The van der Waals surface area contributed by atoms with E-state index in [1.54, 1.807) is 0 Å². The molecule has 0 N–H and O–H groups in total. The van der Waals surface area contributed by atoms with E-state index < -0.39 is 0 Å². The van der Waals surface area contributed by atoms with Gasteiger partial charge in [0.2, 0.25) is 0 Å². The number of hydrogen-bond acceptors (Lipinski definition) is 2. The lowest BCUT2D eigenvalue weighted by Crippen LogP contribution is -2.34. The number of likely N-dealkylation sites (tertiary alicyclic amines) is 1. The first kappa shape index (κ1) is 14.0. The first-order valence-electron chi connectivity index (χ1n) is 6.30. The molecule has 0 spiro atoms. The van der Waals surface area contributed by atoms with Crippen molar-refractivity contribution in [3.8, 4) is 0 Å². The Hall–Kier alpha value is -0.450. The van der Waals surface area contributed by atoms with Gasteiger partial charge in [-0.2, -0.15) is 0 Å². The number of rotatable bonds is 3. The summed E-state index contributed by atoms with van der Waals surface area (Å²) in [5, 5.41) is 0. The minimum Gasteiger partial charge on any atom is -0.305 e. The Bertz CT molecular complexity index is 422. The third-order valence-electron chi connectivity index (χ3n) is 3.70. The van der Waals surface area contributed by atoms with E-state index in [1.165, 1.54) is 6.07 Å². The Morgan fingerprint density at radius 1 is 1.39 bits per heavy atom. The van der Waals surface area contributed by atoms with Crippen LogP contribution >= 0.6 is 15.9 Å². The summed E-state index contributed by atoms with van der Waals surface area (Å²) in [4.78, 5) is 4.74. The molecule has 0 unspecified atom stereocenters. The van der Waals surface area contributed by atoms with E-state index in [2.05, 4.69) is 46.7 Å². The lowest BCUT2D eigenvalue weighted by Gasteiger charge is -2.22. The van der Waals surface area contributed by atoms with Crippen LogP contribution in [0.1, 0.15) is 12.5 Å². The maximum atomic E-state index is 13.2. The average molecular weight is 315 g/mol. The minimum atomic E-state index is -0.195. The fraction of sp³-hybridized carbons (Fsp3) is 0.571. The molecule has 1 saturated heterocycles. The van der Waals surface area contributed by atoms with Crippen molar-refractivity contribution in [3.63, 3.8) is 0 Å². The summed E-state index contributed by atoms with van der Waals surface area (Å²) in [5.74, 6) is 0.489. The molecule has 2 nitrogen and oxygen atoms in total. The molecule has 0 bridgehead atoms. The van der Waals surface area contributed by atoms with E-state index in [1.807, 2.05) is 12.1 Å². The molecule has 0 saturated carbocycles. The first-order chi connectivity index (χ1) is 8.47. The zero-order chi connectivity index (χ0) is 13.3. The molecule has 1 aromatic carbocycles. The van der Waals surface area contributed by atoms with Gasteiger partial charge in [0.25, 0.3) is 0 Å². The molecule has 0 amide bonds. The number of benzene rings is 1. The highest BCUT2D eigenvalue weighted by molar-refractivity contribution is 9.10. The van der Waals surface area contributed by atoms with Crippen LogP contribution in [0, 0.1) is 11.7 Å². The van der Waals surface area contributed by atoms with E-state index in [4.69, 9.17) is 0 Å². The van der Waals surface area contributed by atoms with Gasteiger partial charge in [-0.1, -0.05) is 13.0 Å². The van der Waals surface area contributed by atoms with Crippen LogP contribution in [0.5, 0.6) is 0 Å². The topological polar surface area (TPSA) is 6.48 Å². The zero-order valence-electron chi connectivity index (χ0n) is 11.2. The Morgan fingerprint density at radius 3 is 2.67 bits per heavy atom. The number of likely N-dealkylation sites (N-methyl/N-ethyl adjacent to an activating group) is 1. The Labute approximate surface area is 117 Å². The summed E-state index contributed by atoms with van der Waals surface area (Å²) in [5.41, 5.74) is 1.16. The molecule has 0 radical (unpaired) electrons. The third kappa shape index (κ3) is 3.11. The molecule has 18 heavy (non-hydrogen) atoms. The molecule has 4 heteroatoms. The van der Waals surface area contributed by atoms with Crippen LogP contribution < -0.4 is 0 Å². The molecular formula is C14H20BrFN2. The molecule has 0 aliphatic carbocycles. The largest absolute Gasteiger partial charge is 0.305 e. The van der Waals surface area contributed by atoms with E-state index in [0.29, 0.717) is 16.4 Å². The summed E-state index contributed by atoms with van der Waals surface area (Å²) in [6, 6.07) is 5.90. The highest BCUT2D eigenvalue weighted by Gasteiger charge is 2.30. The first-order valence-corrected chi connectivity index (χ1v) is 7.09. The Morgan fingerprint density at radius 2 is 2.11 bits per heavy atom. The number of nitrogens with zero attached hydrogens (tertiary/aromatic N) is 2. The van der Waals surface area contributed by atoms with Crippen LogP contribution in [0.25, 0.3) is 0 Å². The summed E-state index contributed by atoms with van der Waals surface area (Å²) in [6.07, 6.45) is 0. The third-order valence-corrected chi connectivity index (χ3v) is 4.31. The molecule has 100 valence electrons. The van der Waals surface area contributed by atoms with Crippen molar-refractivity contribution in [1.29, 1.82) is 0 Å². The summed E-state index contributed by atoms with van der Waals surface area (Å²) in [7, 11) is 4.28. The predicted molar refractivity (Wildman–Crippen MR) is 76.0 cm³/mol. The van der Waals surface area contributed by atoms with Crippen molar-refractivity contribution in [2.75, 3.05) is 27.2 Å². The molecular weight excluding hydrogens is 295 g/mol. The van der Waals surface area contributed by atoms with Gasteiger partial charge in [0.05, 0.1) is 4.47 Å². The lowest BCUT2D eigenvalue weighted by atomic mass is 10.1. The van der Waals surface area contributed by atoms with Crippen molar-refractivity contribution >= 4 is 15.9 Å². The molecule has 1 aliphatic heterocycles. The minimum absolute atomic E-state index is 0.195. The van der Waals surface area contributed by atoms with Gasteiger partial charge in [0.15, 0.2) is 0 Å². The van der Waals surface area contributed by atoms with Crippen molar-refractivity contribution in [2.24, 2.45) is 5.92 Å². The second kappa shape index (κ2) is 5.68. The van der Waals surface area contributed by atoms with Crippen molar-refractivity contribution in [2.45, 2.75) is 19.5 Å². The number of hydrogen-bond donors (Lipinski definition) is 0. The second-order valence-electron chi connectivity index (χ2n) is 5.45. The van der Waals surface area contributed by atoms with Crippen LogP contribution in [0.15, 0.2) is 22.7 Å². The van der Waals surface area contributed by atoms with Crippen LogP contribution in [0.4, 0.5) is 4.39 Å². The van der Waals surface area contributed by atoms with Gasteiger partial charge < -0.3 is 4.90 Å². The Balaban J connectivity index is 2.00. The smallest absolute Gasteiger partial charge is 0.137 e. The van der Waals surface area contributed by atoms with Gasteiger partial charge >= 0.3 is 0 Å². The summed E-state index contributed by atoms with van der Waals surface area (Å²) in [6.45, 7) is 5.39. The predicted octanol–water partition coefficient (Wildman–Crippen LogP) is 2.97. The highest BCUT2D eigenvalue weighted by atomic mass is 79.9. The van der Waals surface area contributed by atoms with Crippen molar-refractivity contribution < 1.29 is 4.39 Å². The van der Waals surface area contributed by atoms with Gasteiger partial charge in [-0.3, -0.25) is 4.90 Å². The second-order valence-corrected chi connectivity index (χ2v) is 6.31.